The number of hydrazone groups is 1. The summed E-state index contributed by atoms with van der Waals surface area (Å²) >= 11 is 0. The lowest BCUT2D eigenvalue weighted by molar-refractivity contribution is -0.159. The topological polar surface area (TPSA) is 147 Å². The number of hydrogen-bond donors (Lipinski definition) is 3. The molecular formula is C35H44N4O7. The Hall–Kier alpha value is -4.51. The van der Waals surface area contributed by atoms with Gasteiger partial charge in [-0.15, -0.1) is 0 Å². The summed E-state index contributed by atoms with van der Waals surface area (Å²) < 4.78 is 11.6. The van der Waals surface area contributed by atoms with E-state index in [9.17, 15) is 19.2 Å². The van der Waals surface area contributed by atoms with Crippen molar-refractivity contribution in [2.45, 2.75) is 95.7 Å². The molecule has 2 aliphatic rings. The van der Waals surface area contributed by atoms with Crippen LogP contribution in [0.5, 0.6) is 5.75 Å². The number of nitrogens with one attached hydrogen (secondary N) is 2. The van der Waals surface area contributed by atoms with Gasteiger partial charge in [0.25, 0.3) is 5.91 Å². The highest BCUT2D eigenvalue weighted by Crippen LogP contribution is 2.29. The summed E-state index contributed by atoms with van der Waals surface area (Å²) in [6.07, 6.45) is 13.2. The second kappa shape index (κ2) is 18.5. The van der Waals surface area contributed by atoms with Gasteiger partial charge < -0.3 is 14.4 Å². The Morgan fingerprint density at radius 2 is 1.78 bits per heavy atom. The van der Waals surface area contributed by atoms with Crippen LogP contribution in [0.3, 0.4) is 0 Å². The van der Waals surface area contributed by atoms with Gasteiger partial charge in [0.15, 0.2) is 0 Å². The number of hydroxylamine groups is 1. The van der Waals surface area contributed by atoms with Crippen molar-refractivity contribution in [3.05, 3.63) is 77.4 Å². The molecule has 2 aromatic rings. The summed E-state index contributed by atoms with van der Waals surface area (Å²) in [5, 5.41) is 12.6. The molecule has 0 saturated heterocycles. The summed E-state index contributed by atoms with van der Waals surface area (Å²) in [4.78, 5) is 51.4. The number of ether oxygens (including phenoxy) is 2. The van der Waals surface area contributed by atoms with Gasteiger partial charge in [-0.2, -0.15) is 5.10 Å². The van der Waals surface area contributed by atoms with Crippen molar-refractivity contribution in [2.24, 2.45) is 5.10 Å². The number of amides is 3. The summed E-state index contributed by atoms with van der Waals surface area (Å²) in [7, 11) is 0. The lowest BCUT2D eigenvalue weighted by Gasteiger charge is -2.39. The molecule has 1 saturated carbocycles. The predicted molar refractivity (Wildman–Crippen MR) is 172 cm³/mol. The monoisotopic (exact) mass is 632 g/mol. The maximum absolute atomic E-state index is 13.4. The fourth-order valence-corrected chi connectivity index (χ4v) is 5.65. The second-order valence-corrected chi connectivity index (χ2v) is 11.6. The van der Waals surface area contributed by atoms with Crippen LogP contribution >= 0.6 is 0 Å². The highest BCUT2D eigenvalue weighted by molar-refractivity contribution is 5.95. The third kappa shape index (κ3) is 11.1. The van der Waals surface area contributed by atoms with Gasteiger partial charge in [-0.3, -0.25) is 24.4 Å². The number of fused-ring (bicyclic) bond motifs is 1. The summed E-state index contributed by atoms with van der Waals surface area (Å²) in [6, 6.07) is 14.3. The number of benzene rings is 2. The van der Waals surface area contributed by atoms with Gasteiger partial charge in [-0.05, 0) is 80.7 Å². The molecule has 0 aromatic heterocycles. The molecule has 11 heteroatoms. The average molecular weight is 633 g/mol. The first-order valence-corrected chi connectivity index (χ1v) is 16.1. The van der Waals surface area contributed by atoms with E-state index in [-0.39, 0.29) is 36.4 Å². The average Bonchev–Trinajstić information content (AvgIpc) is 3.07. The quantitative estimate of drug-likeness (QED) is 0.0727. The van der Waals surface area contributed by atoms with Gasteiger partial charge in [-0.25, -0.2) is 10.9 Å². The van der Waals surface area contributed by atoms with Crippen LogP contribution in [-0.4, -0.2) is 58.8 Å². The van der Waals surface area contributed by atoms with E-state index in [2.05, 4.69) is 10.5 Å². The van der Waals surface area contributed by atoms with Crippen LogP contribution in [0.4, 0.5) is 0 Å². The van der Waals surface area contributed by atoms with Crippen molar-refractivity contribution in [2.75, 3.05) is 6.61 Å². The molecule has 1 aliphatic carbocycles. The molecular weight excluding hydrogens is 588 g/mol. The smallest absolute Gasteiger partial charge is 0.306 e. The summed E-state index contributed by atoms with van der Waals surface area (Å²) in [5.74, 6) is -0.365. The van der Waals surface area contributed by atoms with Gasteiger partial charge >= 0.3 is 5.97 Å². The van der Waals surface area contributed by atoms with E-state index in [1.165, 1.54) is 0 Å². The molecule has 1 fully saturated rings. The van der Waals surface area contributed by atoms with Gasteiger partial charge in [0.05, 0.1) is 18.9 Å². The molecule has 1 heterocycles. The number of carbonyl (C=O) groups excluding carboxylic acids is 4. The number of rotatable bonds is 12. The Balaban J connectivity index is 1.30. The number of esters is 1. The predicted octanol–water partition coefficient (Wildman–Crippen LogP) is 5.21. The zero-order chi connectivity index (χ0) is 32.6. The number of nitrogens with zero attached hydrogens (tertiary/aromatic N) is 2. The Morgan fingerprint density at radius 3 is 2.59 bits per heavy atom. The van der Waals surface area contributed by atoms with Crippen LogP contribution in [-0.2, 0) is 25.7 Å². The molecule has 46 heavy (non-hydrogen) atoms. The van der Waals surface area contributed by atoms with Crippen LogP contribution < -0.4 is 15.6 Å². The molecule has 11 nitrogen and oxygen atoms in total. The lowest BCUT2D eigenvalue weighted by atomic mass is 9.90. The molecule has 2 atom stereocenters. The number of allylic oxidation sites excluding steroid dienone is 2. The SMILES string of the molecule is O=C(CCCCCOc1cccc(C(=O)N/N=C/c2ccc(CN3C(=O)CC/C=C/CCC(=O)O[C@@H]4CCCC[C@H]43)cc2)c1)NO. The number of carbonyl (C=O) groups is 4. The van der Waals surface area contributed by atoms with Crippen molar-refractivity contribution in [1.82, 2.24) is 15.8 Å². The highest BCUT2D eigenvalue weighted by Gasteiger charge is 2.35. The summed E-state index contributed by atoms with van der Waals surface area (Å²) in [5.41, 5.74) is 6.31. The first kappa shape index (κ1) is 34.4. The zero-order valence-electron chi connectivity index (χ0n) is 26.2. The molecule has 3 amide bonds. The third-order valence-electron chi connectivity index (χ3n) is 8.13. The van der Waals surface area contributed by atoms with Crippen molar-refractivity contribution in [3.63, 3.8) is 0 Å². The molecule has 0 radical (unpaired) electrons. The Labute approximate surface area is 270 Å². The second-order valence-electron chi connectivity index (χ2n) is 11.6. The molecule has 0 bridgehead atoms. The van der Waals surface area contributed by atoms with Crippen LogP contribution in [0.1, 0.15) is 98.5 Å². The van der Waals surface area contributed by atoms with Crippen molar-refractivity contribution >= 4 is 29.9 Å². The van der Waals surface area contributed by atoms with Crippen LogP contribution in [0.25, 0.3) is 0 Å². The molecule has 1 aliphatic heterocycles. The normalized spacial score (nSPS) is 19.7. The van der Waals surface area contributed by atoms with E-state index in [0.29, 0.717) is 56.6 Å². The Kier molecular flexibility index (Phi) is 13.8. The Morgan fingerprint density at radius 1 is 1.00 bits per heavy atom. The maximum atomic E-state index is 13.4. The van der Waals surface area contributed by atoms with E-state index >= 15 is 0 Å². The highest BCUT2D eigenvalue weighted by atomic mass is 16.5. The molecule has 0 unspecified atom stereocenters. The molecule has 2 aromatic carbocycles. The molecule has 246 valence electrons. The van der Waals surface area contributed by atoms with Gasteiger partial charge in [0.2, 0.25) is 11.8 Å². The molecule has 0 spiro atoms. The van der Waals surface area contributed by atoms with Crippen molar-refractivity contribution in [3.8, 4) is 5.75 Å². The van der Waals surface area contributed by atoms with E-state index in [1.54, 1.807) is 36.0 Å². The lowest BCUT2D eigenvalue weighted by Crippen LogP contribution is -2.49. The molecule has 3 N–H and O–H groups in total. The molecule has 4 rings (SSSR count). The van der Waals surface area contributed by atoms with Crippen molar-refractivity contribution in [1.29, 1.82) is 0 Å². The zero-order valence-corrected chi connectivity index (χ0v) is 26.2. The van der Waals surface area contributed by atoms with E-state index in [0.717, 1.165) is 49.7 Å². The van der Waals surface area contributed by atoms with E-state index in [4.69, 9.17) is 14.7 Å². The minimum absolute atomic E-state index is 0.0608. The van der Waals surface area contributed by atoms with Crippen LogP contribution in [0.15, 0.2) is 65.8 Å². The number of hydrogen-bond acceptors (Lipinski definition) is 8. The van der Waals surface area contributed by atoms with E-state index in [1.807, 2.05) is 41.3 Å². The first-order chi connectivity index (χ1) is 22.4. The van der Waals surface area contributed by atoms with E-state index < -0.39 is 5.91 Å². The van der Waals surface area contributed by atoms with Gasteiger partial charge in [-0.1, -0.05) is 48.9 Å². The maximum Gasteiger partial charge on any atom is 0.306 e. The first-order valence-electron chi connectivity index (χ1n) is 16.1. The third-order valence-corrected chi connectivity index (χ3v) is 8.13. The minimum atomic E-state index is -0.404. The standard InChI is InChI=1S/C35H44N4O7/c40-32(38-44)15-4-3-9-22-45-29-12-10-11-28(23-29)35(43)37-36-24-26-18-20-27(21-19-26)25-39-30-13-7-8-14-31(30)46-34(42)17-6-2-1-5-16-33(39)41/h1-2,10-12,18-21,23-24,30-31,44H,3-9,13-17,22,25H2,(H,37,43)(H,38,40)/b2-1+,36-24+/t30-,31-/m1/s1. The summed E-state index contributed by atoms with van der Waals surface area (Å²) in [6.45, 7) is 0.868. The number of unbranched alkanes of at least 4 members (excludes halogenated alkanes) is 2. The largest absolute Gasteiger partial charge is 0.494 e. The Bertz CT molecular complexity index is 1380. The van der Waals surface area contributed by atoms with Crippen LogP contribution in [0, 0.1) is 0 Å². The van der Waals surface area contributed by atoms with Crippen molar-refractivity contribution < 1.29 is 33.9 Å². The fraction of sp³-hybridized carbons (Fsp3) is 0.457. The van der Waals surface area contributed by atoms with Crippen LogP contribution in [0.2, 0.25) is 0 Å². The fourth-order valence-electron chi connectivity index (χ4n) is 5.65. The minimum Gasteiger partial charge on any atom is -0.494 e. The van der Waals surface area contributed by atoms with Gasteiger partial charge in [0, 0.05) is 31.4 Å². The van der Waals surface area contributed by atoms with Gasteiger partial charge in [0.1, 0.15) is 11.9 Å².